The fourth-order valence-electron chi connectivity index (χ4n) is 3.43. The van der Waals surface area contributed by atoms with Gasteiger partial charge in [-0.15, -0.1) is 0 Å². The van der Waals surface area contributed by atoms with Crippen molar-refractivity contribution >= 4 is 0 Å². The minimum Gasteiger partial charge on any atom is -0.394 e. The summed E-state index contributed by atoms with van der Waals surface area (Å²) in [6.07, 6.45) is -3.05. The second kappa shape index (κ2) is 9.21. The largest absolute Gasteiger partial charge is 0.394 e. The molecule has 0 spiro atoms. The van der Waals surface area contributed by atoms with Gasteiger partial charge in [0.2, 0.25) is 0 Å². The van der Waals surface area contributed by atoms with Gasteiger partial charge in [-0.2, -0.15) is 0 Å². The molecule has 0 bridgehead atoms. The van der Waals surface area contributed by atoms with Crippen LogP contribution < -0.4 is 11.2 Å². The molecule has 0 radical (unpaired) electrons. The zero-order valence-corrected chi connectivity index (χ0v) is 16.5. The van der Waals surface area contributed by atoms with Crippen molar-refractivity contribution in [3.05, 3.63) is 68.5 Å². The van der Waals surface area contributed by atoms with Crippen LogP contribution in [0.1, 0.15) is 18.1 Å². The number of benzene rings is 1. The number of nitrogens with zero attached hydrogens (tertiary/aromatic N) is 1. The van der Waals surface area contributed by atoms with Crippen molar-refractivity contribution in [1.29, 1.82) is 0 Å². The Balaban J connectivity index is 1.71. The van der Waals surface area contributed by atoms with Crippen LogP contribution >= 0.6 is 0 Å². The Labute approximate surface area is 172 Å². The van der Waals surface area contributed by atoms with Crippen LogP contribution in [0, 0.1) is 5.92 Å². The third-order valence-corrected chi connectivity index (χ3v) is 5.04. The highest BCUT2D eigenvalue weighted by Crippen LogP contribution is 2.32. The summed E-state index contributed by atoms with van der Waals surface area (Å²) < 4.78 is 11.3. The molecule has 1 aliphatic heterocycles. The minimum atomic E-state index is -2.65. The van der Waals surface area contributed by atoms with Crippen molar-refractivity contribution < 1.29 is 29.9 Å². The van der Waals surface area contributed by atoms with E-state index in [4.69, 9.17) is 9.47 Å². The van der Waals surface area contributed by atoms with Gasteiger partial charge in [-0.1, -0.05) is 37.3 Å². The predicted octanol–water partition coefficient (Wildman–Crippen LogP) is -1.35. The lowest BCUT2D eigenvalue weighted by Crippen LogP contribution is -2.52. The van der Waals surface area contributed by atoms with Crippen molar-refractivity contribution in [3.63, 3.8) is 0 Å². The molecule has 1 aromatic heterocycles. The van der Waals surface area contributed by atoms with Gasteiger partial charge in [0.1, 0.15) is 12.2 Å². The molecule has 10 nitrogen and oxygen atoms in total. The van der Waals surface area contributed by atoms with Gasteiger partial charge >= 0.3 is 5.69 Å². The Morgan fingerprint density at radius 2 is 1.97 bits per heavy atom. The maximum absolute atomic E-state index is 12.2. The summed E-state index contributed by atoms with van der Waals surface area (Å²) in [5.74, 6) is -2.48. The summed E-state index contributed by atoms with van der Waals surface area (Å²) in [5.41, 5.74) is -0.574. The normalized spacial score (nSPS) is 27.3. The van der Waals surface area contributed by atoms with Crippen LogP contribution in [0.3, 0.4) is 0 Å². The highest BCUT2D eigenvalue weighted by atomic mass is 16.7. The molecule has 30 heavy (non-hydrogen) atoms. The van der Waals surface area contributed by atoms with Crippen molar-refractivity contribution in [2.24, 2.45) is 5.92 Å². The second-order valence-electron chi connectivity index (χ2n) is 7.53. The van der Waals surface area contributed by atoms with Gasteiger partial charge < -0.3 is 29.9 Å². The molecule has 10 heteroatoms. The van der Waals surface area contributed by atoms with E-state index < -0.39 is 42.1 Å². The number of ether oxygens (including phenoxy) is 2. The van der Waals surface area contributed by atoms with Crippen molar-refractivity contribution in [2.45, 2.75) is 44.2 Å². The summed E-state index contributed by atoms with van der Waals surface area (Å²) in [6.45, 7) is 1.52. The zero-order valence-electron chi connectivity index (χ0n) is 16.5. The fraction of sp³-hybridized carbons (Fsp3) is 0.500. The van der Waals surface area contributed by atoms with Crippen LogP contribution in [0.4, 0.5) is 0 Å². The lowest BCUT2D eigenvalue weighted by atomic mass is 10.0. The number of H-pyrrole nitrogens is 1. The van der Waals surface area contributed by atoms with E-state index in [1.54, 1.807) is 0 Å². The topological polar surface area (TPSA) is 154 Å². The predicted molar refractivity (Wildman–Crippen MR) is 104 cm³/mol. The number of nitrogens with one attached hydrogen (secondary N) is 1. The molecule has 1 aliphatic rings. The first kappa shape index (κ1) is 22.3. The van der Waals surface area contributed by atoms with Crippen LogP contribution in [0.2, 0.25) is 0 Å². The molecule has 1 fully saturated rings. The smallest absolute Gasteiger partial charge is 0.332 e. The van der Waals surface area contributed by atoms with E-state index >= 15 is 0 Å². The highest BCUT2D eigenvalue weighted by molar-refractivity contribution is 5.15. The fourth-order valence-corrected chi connectivity index (χ4v) is 3.43. The van der Waals surface area contributed by atoms with Gasteiger partial charge in [-0.3, -0.25) is 9.78 Å². The Kier molecular flexibility index (Phi) is 6.86. The molecule has 0 amide bonds. The Morgan fingerprint density at radius 1 is 1.27 bits per heavy atom. The molecule has 1 unspecified atom stereocenters. The molecule has 0 saturated carbocycles. The maximum Gasteiger partial charge on any atom is 0.332 e. The van der Waals surface area contributed by atoms with Crippen LogP contribution in [0.15, 0.2) is 46.1 Å². The number of aliphatic hydroxyl groups excluding tert-OH is 3. The molecular formula is C20H26N2O8. The van der Waals surface area contributed by atoms with Crippen LogP contribution in [0.5, 0.6) is 0 Å². The third kappa shape index (κ3) is 4.53. The van der Waals surface area contributed by atoms with Gasteiger partial charge in [0.25, 0.3) is 11.5 Å². The molecule has 2 aromatic rings. The summed E-state index contributed by atoms with van der Waals surface area (Å²) >= 11 is 0. The van der Waals surface area contributed by atoms with E-state index in [1.165, 1.54) is 0 Å². The van der Waals surface area contributed by atoms with Crippen LogP contribution in [-0.4, -0.2) is 61.5 Å². The molecule has 2 heterocycles. The first-order valence-corrected chi connectivity index (χ1v) is 9.60. The number of aliphatic hydroxyl groups is 4. The molecule has 1 saturated heterocycles. The van der Waals surface area contributed by atoms with Crippen molar-refractivity contribution in [1.82, 2.24) is 9.55 Å². The first-order chi connectivity index (χ1) is 14.3. The quantitative estimate of drug-likeness (QED) is 0.350. The summed E-state index contributed by atoms with van der Waals surface area (Å²) in [7, 11) is 0. The Bertz CT molecular complexity index is 959. The molecule has 5 atom stereocenters. The van der Waals surface area contributed by atoms with Crippen LogP contribution in [0.25, 0.3) is 0 Å². The average molecular weight is 422 g/mol. The van der Waals surface area contributed by atoms with E-state index in [9.17, 15) is 30.0 Å². The number of aromatic nitrogens is 2. The molecule has 164 valence electrons. The maximum atomic E-state index is 12.2. The first-order valence-electron chi connectivity index (χ1n) is 9.60. The highest BCUT2D eigenvalue weighted by Gasteiger charge is 2.55. The second-order valence-corrected chi connectivity index (χ2v) is 7.53. The minimum absolute atomic E-state index is 0.0210. The van der Waals surface area contributed by atoms with E-state index in [0.29, 0.717) is 11.2 Å². The average Bonchev–Trinajstić information content (AvgIpc) is 2.94. The Hall–Kier alpha value is -2.34. The number of rotatable bonds is 8. The van der Waals surface area contributed by atoms with Gasteiger partial charge in [-0.05, 0) is 17.9 Å². The van der Waals surface area contributed by atoms with E-state index in [0.717, 1.165) is 18.2 Å². The molecule has 0 aliphatic carbocycles. The van der Waals surface area contributed by atoms with E-state index in [-0.39, 0.29) is 18.1 Å². The summed E-state index contributed by atoms with van der Waals surface area (Å²) in [4.78, 5) is 26.3. The Morgan fingerprint density at radius 3 is 2.60 bits per heavy atom. The van der Waals surface area contributed by atoms with Crippen molar-refractivity contribution in [3.8, 4) is 0 Å². The number of aromatic amines is 1. The molecule has 5 N–H and O–H groups in total. The SMILES string of the molecule is CC(COCc1cn([C@]2(O)O[C@H](CO)[C@@H](O)[C@H]2O)c(=O)[nH]c1=O)Cc1ccccc1. The van der Waals surface area contributed by atoms with Gasteiger partial charge in [0.15, 0.2) is 6.10 Å². The number of hydrogen-bond acceptors (Lipinski definition) is 8. The van der Waals surface area contributed by atoms with E-state index in [1.807, 2.05) is 42.2 Å². The van der Waals surface area contributed by atoms with Crippen LogP contribution in [-0.2, 0) is 28.4 Å². The molecule has 1 aromatic carbocycles. The zero-order chi connectivity index (χ0) is 21.9. The summed E-state index contributed by atoms with van der Waals surface area (Å²) in [5, 5.41) is 39.8. The lowest BCUT2D eigenvalue weighted by Gasteiger charge is -2.27. The standard InChI is InChI=1S/C20H26N2O8/c1-12(7-13-5-3-2-4-6-13)10-29-11-14-8-22(19(27)21-18(14)26)20(28)17(25)16(24)15(9-23)30-20/h2-6,8,12,15-17,23-25,28H,7,9-11H2,1H3,(H,21,26,27)/t12?,15-,16-,17-,20-/m1/s1. The molecular weight excluding hydrogens is 396 g/mol. The van der Waals surface area contributed by atoms with Gasteiger partial charge in [-0.25, -0.2) is 9.36 Å². The molecule has 3 rings (SSSR count). The summed E-state index contributed by atoms with van der Waals surface area (Å²) in [6, 6.07) is 9.87. The van der Waals surface area contributed by atoms with E-state index in [2.05, 4.69) is 0 Å². The lowest BCUT2D eigenvalue weighted by molar-refractivity contribution is -0.291. The van der Waals surface area contributed by atoms with Gasteiger partial charge in [0.05, 0.1) is 18.8 Å². The monoisotopic (exact) mass is 422 g/mol. The van der Waals surface area contributed by atoms with Gasteiger partial charge in [0, 0.05) is 12.8 Å². The third-order valence-electron chi connectivity index (χ3n) is 5.04. The number of hydrogen-bond donors (Lipinski definition) is 5. The van der Waals surface area contributed by atoms with Crippen molar-refractivity contribution in [2.75, 3.05) is 13.2 Å².